The summed E-state index contributed by atoms with van der Waals surface area (Å²) in [5.74, 6) is 0.172. The maximum absolute atomic E-state index is 12.6. The Morgan fingerprint density at radius 3 is 2.55 bits per heavy atom. The van der Waals surface area contributed by atoms with E-state index in [2.05, 4.69) is 17.1 Å². The van der Waals surface area contributed by atoms with Crippen LogP contribution in [0.5, 0.6) is 5.75 Å². The van der Waals surface area contributed by atoms with E-state index in [4.69, 9.17) is 4.74 Å². The van der Waals surface area contributed by atoms with Crippen molar-refractivity contribution in [2.75, 3.05) is 51.2 Å². The van der Waals surface area contributed by atoms with Crippen LogP contribution in [-0.4, -0.2) is 84.7 Å². The van der Waals surface area contributed by atoms with Crippen molar-refractivity contribution in [2.24, 2.45) is 0 Å². The first kappa shape index (κ1) is 23.2. The monoisotopic (exact) mass is 442 g/mol. The number of halogens is 3. The molecule has 2 fully saturated rings. The standard InChI is InChI=1S/C21H29F3N4O3/c1-16-5-2-3-8-28(16)19(29)14-26-9-11-27(12-10-26)20(30)25-17-6-4-7-18(13-17)31-15-21(22,23)24/h4,6-7,13,16H,2-3,5,8-12,14-15H2,1H3,(H,25,30). The van der Waals surface area contributed by atoms with Crippen LogP contribution in [0.3, 0.4) is 0 Å². The minimum Gasteiger partial charge on any atom is -0.484 e. The largest absolute Gasteiger partial charge is 0.484 e. The number of piperazine rings is 1. The van der Waals surface area contributed by atoms with Gasteiger partial charge in [-0.05, 0) is 38.3 Å². The predicted octanol–water partition coefficient (Wildman–Crippen LogP) is 3.18. The molecule has 31 heavy (non-hydrogen) atoms. The fourth-order valence-electron chi connectivity index (χ4n) is 3.89. The van der Waals surface area contributed by atoms with Crippen molar-refractivity contribution >= 4 is 17.6 Å². The number of rotatable bonds is 5. The SMILES string of the molecule is CC1CCCCN1C(=O)CN1CCN(C(=O)Nc2cccc(OCC(F)(F)F)c2)CC1. The van der Waals surface area contributed by atoms with E-state index in [0.29, 0.717) is 38.4 Å². The molecule has 0 aromatic heterocycles. The molecule has 1 atom stereocenters. The summed E-state index contributed by atoms with van der Waals surface area (Å²) in [6.07, 6.45) is -1.17. The number of benzene rings is 1. The summed E-state index contributed by atoms with van der Waals surface area (Å²) < 4.78 is 41.6. The van der Waals surface area contributed by atoms with E-state index in [1.165, 1.54) is 18.2 Å². The van der Waals surface area contributed by atoms with Crippen LogP contribution in [-0.2, 0) is 4.79 Å². The first-order chi connectivity index (χ1) is 14.7. The van der Waals surface area contributed by atoms with Crippen LogP contribution < -0.4 is 10.1 Å². The van der Waals surface area contributed by atoms with Gasteiger partial charge in [-0.1, -0.05) is 6.07 Å². The molecule has 1 aromatic carbocycles. The van der Waals surface area contributed by atoms with Gasteiger partial charge in [0.1, 0.15) is 5.75 Å². The molecule has 0 saturated carbocycles. The van der Waals surface area contributed by atoms with Gasteiger partial charge in [-0.3, -0.25) is 9.69 Å². The quantitative estimate of drug-likeness (QED) is 0.761. The van der Waals surface area contributed by atoms with E-state index in [1.807, 2.05) is 4.90 Å². The average Bonchev–Trinajstić information content (AvgIpc) is 2.73. The first-order valence-electron chi connectivity index (χ1n) is 10.6. The Morgan fingerprint density at radius 1 is 1.13 bits per heavy atom. The molecule has 0 aliphatic carbocycles. The van der Waals surface area contributed by atoms with Crippen LogP contribution in [0, 0.1) is 0 Å². The van der Waals surface area contributed by atoms with Crippen molar-refractivity contribution in [3.63, 3.8) is 0 Å². The van der Waals surface area contributed by atoms with Crippen LogP contribution in [0.25, 0.3) is 0 Å². The zero-order chi connectivity index (χ0) is 22.4. The summed E-state index contributed by atoms with van der Waals surface area (Å²) in [6, 6.07) is 5.82. The molecule has 10 heteroatoms. The van der Waals surface area contributed by atoms with Gasteiger partial charge < -0.3 is 19.9 Å². The molecule has 172 valence electrons. The Labute approximate surface area is 180 Å². The lowest BCUT2D eigenvalue weighted by Crippen LogP contribution is -2.53. The number of piperidine rings is 1. The molecule has 1 N–H and O–H groups in total. The van der Waals surface area contributed by atoms with Crippen LogP contribution in [0.1, 0.15) is 26.2 Å². The van der Waals surface area contributed by atoms with Crippen molar-refractivity contribution in [3.8, 4) is 5.75 Å². The number of amides is 3. The van der Waals surface area contributed by atoms with E-state index in [9.17, 15) is 22.8 Å². The van der Waals surface area contributed by atoms with Crippen molar-refractivity contribution in [3.05, 3.63) is 24.3 Å². The van der Waals surface area contributed by atoms with E-state index in [1.54, 1.807) is 11.0 Å². The molecule has 3 amide bonds. The highest BCUT2D eigenvalue weighted by Crippen LogP contribution is 2.22. The van der Waals surface area contributed by atoms with Gasteiger partial charge in [0.05, 0.1) is 6.54 Å². The summed E-state index contributed by atoms with van der Waals surface area (Å²) in [6.45, 7) is 4.00. The fraction of sp³-hybridized carbons (Fsp3) is 0.619. The maximum atomic E-state index is 12.6. The zero-order valence-corrected chi connectivity index (χ0v) is 17.7. The van der Waals surface area contributed by atoms with Gasteiger partial charge in [-0.25, -0.2) is 4.79 Å². The molecular weight excluding hydrogens is 413 g/mol. The zero-order valence-electron chi connectivity index (χ0n) is 17.7. The maximum Gasteiger partial charge on any atom is 0.422 e. The number of anilines is 1. The number of ether oxygens (including phenoxy) is 1. The van der Waals surface area contributed by atoms with Gasteiger partial charge in [0.25, 0.3) is 0 Å². The number of nitrogens with one attached hydrogen (secondary N) is 1. The highest BCUT2D eigenvalue weighted by molar-refractivity contribution is 5.89. The first-order valence-corrected chi connectivity index (χ1v) is 10.6. The minimum atomic E-state index is -4.42. The van der Waals surface area contributed by atoms with E-state index in [-0.39, 0.29) is 23.7 Å². The van der Waals surface area contributed by atoms with E-state index < -0.39 is 12.8 Å². The molecule has 1 unspecified atom stereocenters. The topological polar surface area (TPSA) is 65.1 Å². The molecular formula is C21H29F3N4O3. The van der Waals surface area contributed by atoms with Gasteiger partial charge in [-0.2, -0.15) is 13.2 Å². The Kier molecular flexibility index (Phi) is 7.64. The lowest BCUT2D eigenvalue weighted by atomic mass is 10.0. The summed E-state index contributed by atoms with van der Waals surface area (Å²) >= 11 is 0. The van der Waals surface area contributed by atoms with Gasteiger partial charge in [0, 0.05) is 50.5 Å². The molecule has 0 bridgehead atoms. The molecule has 0 radical (unpaired) electrons. The number of nitrogens with zero attached hydrogens (tertiary/aromatic N) is 3. The lowest BCUT2D eigenvalue weighted by Gasteiger charge is -2.38. The van der Waals surface area contributed by atoms with Crippen LogP contribution in [0.4, 0.5) is 23.7 Å². The number of carbonyl (C=O) groups is 2. The second-order valence-electron chi connectivity index (χ2n) is 8.06. The molecule has 2 saturated heterocycles. The van der Waals surface area contributed by atoms with Gasteiger partial charge in [0.15, 0.2) is 6.61 Å². The molecule has 7 nitrogen and oxygen atoms in total. The highest BCUT2D eigenvalue weighted by atomic mass is 19.4. The predicted molar refractivity (Wildman–Crippen MR) is 110 cm³/mol. The normalized spacial score (nSPS) is 20.5. The minimum absolute atomic E-state index is 0.0328. The number of hydrogen-bond acceptors (Lipinski definition) is 4. The third-order valence-corrected chi connectivity index (χ3v) is 5.63. The second kappa shape index (κ2) is 10.2. The van der Waals surface area contributed by atoms with Crippen molar-refractivity contribution in [1.29, 1.82) is 0 Å². The summed E-state index contributed by atoms with van der Waals surface area (Å²) in [4.78, 5) is 30.7. The second-order valence-corrected chi connectivity index (χ2v) is 8.06. The van der Waals surface area contributed by atoms with Gasteiger partial charge in [0.2, 0.25) is 5.91 Å². The lowest BCUT2D eigenvalue weighted by molar-refractivity contribution is -0.153. The molecule has 2 heterocycles. The molecule has 1 aromatic rings. The number of likely N-dealkylation sites (tertiary alicyclic amines) is 1. The van der Waals surface area contributed by atoms with E-state index in [0.717, 1.165) is 25.8 Å². The third kappa shape index (κ3) is 7.02. The third-order valence-electron chi connectivity index (χ3n) is 5.63. The number of urea groups is 1. The molecule has 0 spiro atoms. The molecule has 2 aliphatic heterocycles. The van der Waals surface area contributed by atoms with Crippen molar-refractivity contribution in [2.45, 2.75) is 38.4 Å². The summed E-state index contributed by atoms with van der Waals surface area (Å²) in [7, 11) is 0. The summed E-state index contributed by atoms with van der Waals surface area (Å²) in [5.41, 5.74) is 0.362. The number of carbonyl (C=O) groups excluding carboxylic acids is 2. The molecule has 2 aliphatic rings. The summed E-state index contributed by atoms with van der Waals surface area (Å²) in [5, 5.41) is 2.69. The number of alkyl halides is 3. The molecule has 3 rings (SSSR count). The Balaban J connectivity index is 1.44. The van der Waals surface area contributed by atoms with Crippen LogP contribution in [0.2, 0.25) is 0 Å². The average molecular weight is 442 g/mol. The number of hydrogen-bond donors (Lipinski definition) is 1. The van der Waals surface area contributed by atoms with Crippen LogP contribution >= 0.6 is 0 Å². The van der Waals surface area contributed by atoms with E-state index >= 15 is 0 Å². The van der Waals surface area contributed by atoms with Crippen molar-refractivity contribution in [1.82, 2.24) is 14.7 Å². The Morgan fingerprint density at radius 2 is 1.87 bits per heavy atom. The van der Waals surface area contributed by atoms with Crippen molar-refractivity contribution < 1.29 is 27.5 Å². The fourth-order valence-corrected chi connectivity index (χ4v) is 3.89. The Bertz CT molecular complexity index is 766. The van der Waals surface area contributed by atoms with Gasteiger partial charge in [-0.15, -0.1) is 0 Å². The Hall–Kier alpha value is -2.49. The van der Waals surface area contributed by atoms with Gasteiger partial charge >= 0.3 is 12.2 Å². The highest BCUT2D eigenvalue weighted by Gasteiger charge is 2.29. The van der Waals surface area contributed by atoms with Crippen LogP contribution in [0.15, 0.2) is 24.3 Å². The smallest absolute Gasteiger partial charge is 0.422 e.